The molecule has 3 N–H and O–H groups in total. The lowest BCUT2D eigenvalue weighted by atomic mass is 10.1. The maximum absolute atomic E-state index is 12.7. The Morgan fingerprint density at radius 1 is 1.38 bits per heavy atom. The van der Waals surface area contributed by atoms with Gasteiger partial charge in [-0.3, -0.25) is 4.79 Å². The molecule has 0 unspecified atom stereocenters. The van der Waals surface area contributed by atoms with Crippen molar-refractivity contribution in [3.05, 3.63) is 28.8 Å². The number of aromatic nitrogens is 2. The van der Waals surface area contributed by atoms with Crippen LogP contribution in [0.3, 0.4) is 0 Å². The van der Waals surface area contributed by atoms with Crippen LogP contribution >= 0.6 is 0 Å². The minimum absolute atomic E-state index is 0.124. The van der Waals surface area contributed by atoms with E-state index in [1.165, 1.54) is 18.5 Å². The largest absolute Gasteiger partial charge is 0.405 e. The van der Waals surface area contributed by atoms with Gasteiger partial charge >= 0.3 is 6.18 Å². The van der Waals surface area contributed by atoms with Gasteiger partial charge in [-0.15, -0.1) is 0 Å². The third-order valence-corrected chi connectivity index (χ3v) is 2.99. The minimum atomic E-state index is -4.34. The summed E-state index contributed by atoms with van der Waals surface area (Å²) >= 11 is 0. The molecular formula is C13H15F3N4O. The first kappa shape index (κ1) is 15.1. The van der Waals surface area contributed by atoms with Crippen LogP contribution in [0, 0.1) is 0 Å². The zero-order chi connectivity index (χ0) is 15.6. The van der Waals surface area contributed by atoms with E-state index in [1.54, 1.807) is 6.92 Å². The third kappa shape index (κ3) is 3.45. The highest BCUT2D eigenvalue weighted by atomic mass is 19.4. The first-order valence-electron chi connectivity index (χ1n) is 6.40. The highest BCUT2D eigenvalue weighted by Gasteiger charge is 2.31. The minimum Gasteiger partial charge on any atom is -0.397 e. The van der Waals surface area contributed by atoms with Crippen LogP contribution in [0.2, 0.25) is 0 Å². The van der Waals surface area contributed by atoms with Crippen LogP contribution in [0.4, 0.5) is 24.5 Å². The van der Waals surface area contributed by atoms with Crippen molar-refractivity contribution in [3.8, 4) is 0 Å². The second-order valence-corrected chi connectivity index (χ2v) is 4.70. The van der Waals surface area contributed by atoms with E-state index in [1.807, 2.05) is 0 Å². The number of hydrogen-bond donors (Lipinski definition) is 2. The number of rotatable bonds is 4. The number of nitrogens with one attached hydrogen (secondary N) is 1. The van der Waals surface area contributed by atoms with Gasteiger partial charge in [0.1, 0.15) is 6.54 Å². The fraction of sp³-hybridized carbons (Fsp3) is 0.385. The quantitative estimate of drug-likeness (QED) is 0.850. The molecule has 114 valence electrons. The third-order valence-electron chi connectivity index (χ3n) is 2.99. The Balaban J connectivity index is 2.52. The van der Waals surface area contributed by atoms with Crippen molar-refractivity contribution in [2.24, 2.45) is 0 Å². The van der Waals surface area contributed by atoms with E-state index in [2.05, 4.69) is 9.97 Å². The number of nitrogens with two attached hydrogens (primary N) is 1. The van der Waals surface area contributed by atoms with Crippen LogP contribution in [0.5, 0.6) is 0 Å². The number of alkyl halides is 3. The van der Waals surface area contributed by atoms with Crippen LogP contribution in [0.15, 0.2) is 23.3 Å². The molecule has 8 heteroatoms. The Kier molecular flexibility index (Phi) is 4.06. The maximum atomic E-state index is 12.7. The van der Waals surface area contributed by atoms with E-state index >= 15 is 0 Å². The lowest BCUT2D eigenvalue weighted by Crippen LogP contribution is -2.35. The zero-order valence-corrected chi connectivity index (χ0v) is 11.4. The number of benzene rings is 1. The van der Waals surface area contributed by atoms with Gasteiger partial charge in [0.15, 0.2) is 0 Å². The number of hydrogen-bond acceptors (Lipinski definition) is 4. The fourth-order valence-electron chi connectivity index (χ4n) is 2.17. The predicted octanol–water partition coefficient (Wildman–Crippen LogP) is 2.28. The summed E-state index contributed by atoms with van der Waals surface area (Å²) < 4.78 is 38.0. The lowest BCUT2D eigenvalue weighted by Gasteiger charge is -2.26. The van der Waals surface area contributed by atoms with Gasteiger partial charge in [-0.2, -0.15) is 13.2 Å². The van der Waals surface area contributed by atoms with Gasteiger partial charge in [0.2, 0.25) is 0 Å². The second kappa shape index (κ2) is 5.63. The molecule has 0 aliphatic rings. The number of aromatic amines is 1. The molecule has 0 fully saturated rings. The van der Waals surface area contributed by atoms with Crippen LogP contribution in [0.25, 0.3) is 10.9 Å². The molecule has 1 heterocycles. The summed E-state index contributed by atoms with van der Waals surface area (Å²) in [4.78, 5) is 19.1. The Morgan fingerprint density at radius 3 is 2.71 bits per heavy atom. The van der Waals surface area contributed by atoms with E-state index in [0.717, 1.165) is 4.90 Å². The molecular weight excluding hydrogens is 285 g/mol. The maximum Gasteiger partial charge on any atom is 0.405 e. The van der Waals surface area contributed by atoms with Gasteiger partial charge in [-0.05, 0) is 18.6 Å². The Morgan fingerprint density at radius 2 is 2.10 bits per heavy atom. The van der Waals surface area contributed by atoms with E-state index < -0.39 is 12.7 Å². The van der Waals surface area contributed by atoms with E-state index in [-0.39, 0.29) is 28.9 Å². The van der Waals surface area contributed by atoms with Crippen LogP contribution in [-0.4, -0.2) is 29.2 Å². The van der Waals surface area contributed by atoms with Crippen LogP contribution in [0.1, 0.15) is 13.3 Å². The summed E-state index contributed by atoms with van der Waals surface area (Å²) in [6.45, 7) is 0.891. The topological polar surface area (TPSA) is 75.0 Å². The second-order valence-electron chi connectivity index (χ2n) is 4.70. The number of H-pyrrole nitrogens is 1. The number of nitrogen functional groups attached to an aromatic ring is 1. The first-order chi connectivity index (χ1) is 9.81. The molecule has 0 saturated heterocycles. The molecule has 5 nitrogen and oxygen atoms in total. The van der Waals surface area contributed by atoms with Crippen molar-refractivity contribution in [1.29, 1.82) is 0 Å². The Hall–Kier alpha value is -2.25. The van der Waals surface area contributed by atoms with Crippen LogP contribution in [-0.2, 0) is 0 Å². The standard InChI is InChI=1S/C13H15F3N4O/c1-2-3-20(6-13(14,15)16)11-5-10-8(4-9(11)17)12(21)19-7-18-10/h4-5,7H,2-3,6,17H2,1H3,(H,18,19,21). The van der Waals surface area contributed by atoms with Crippen molar-refractivity contribution >= 4 is 22.3 Å². The van der Waals surface area contributed by atoms with Crippen molar-refractivity contribution in [3.63, 3.8) is 0 Å². The summed E-state index contributed by atoms with van der Waals surface area (Å²) in [5.41, 5.74) is 6.11. The molecule has 0 saturated carbocycles. The molecule has 0 bridgehead atoms. The van der Waals surface area contributed by atoms with E-state index in [9.17, 15) is 18.0 Å². The monoisotopic (exact) mass is 300 g/mol. The van der Waals surface area contributed by atoms with Gasteiger partial charge in [0.25, 0.3) is 5.56 Å². The number of anilines is 2. The Bertz CT molecular complexity index is 696. The van der Waals surface area contributed by atoms with Gasteiger partial charge in [0, 0.05) is 6.54 Å². The number of fused-ring (bicyclic) bond motifs is 1. The summed E-state index contributed by atoms with van der Waals surface area (Å²) in [6.07, 6.45) is -2.59. The van der Waals surface area contributed by atoms with Crippen molar-refractivity contribution in [2.75, 3.05) is 23.7 Å². The van der Waals surface area contributed by atoms with Gasteiger partial charge in [-0.1, -0.05) is 6.92 Å². The van der Waals surface area contributed by atoms with E-state index in [0.29, 0.717) is 11.9 Å². The van der Waals surface area contributed by atoms with Crippen molar-refractivity contribution in [1.82, 2.24) is 9.97 Å². The number of nitrogens with zero attached hydrogens (tertiary/aromatic N) is 2. The summed E-state index contributed by atoms with van der Waals surface area (Å²) in [5, 5.41) is 0.252. The fourth-order valence-corrected chi connectivity index (χ4v) is 2.17. The van der Waals surface area contributed by atoms with Crippen molar-refractivity contribution < 1.29 is 13.2 Å². The van der Waals surface area contributed by atoms with Gasteiger partial charge < -0.3 is 15.6 Å². The smallest absolute Gasteiger partial charge is 0.397 e. The van der Waals surface area contributed by atoms with Gasteiger partial charge in [-0.25, -0.2) is 4.98 Å². The van der Waals surface area contributed by atoms with Gasteiger partial charge in [0.05, 0.1) is 28.6 Å². The summed E-state index contributed by atoms with van der Waals surface area (Å²) in [7, 11) is 0. The molecule has 1 aromatic carbocycles. The average molecular weight is 300 g/mol. The summed E-state index contributed by atoms with van der Waals surface area (Å²) in [6, 6.07) is 2.77. The van der Waals surface area contributed by atoms with E-state index in [4.69, 9.17) is 5.73 Å². The normalized spacial score (nSPS) is 11.8. The molecule has 0 aliphatic carbocycles. The summed E-state index contributed by atoms with van der Waals surface area (Å²) in [5.74, 6) is 0. The molecule has 21 heavy (non-hydrogen) atoms. The molecule has 1 aromatic heterocycles. The molecule has 0 radical (unpaired) electrons. The zero-order valence-electron chi connectivity index (χ0n) is 11.4. The van der Waals surface area contributed by atoms with Crippen molar-refractivity contribution in [2.45, 2.75) is 19.5 Å². The predicted molar refractivity (Wildman–Crippen MR) is 75.3 cm³/mol. The molecule has 2 aromatic rings. The first-order valence-corrected chi connectivity index (χ1v) is 6.40. The highest BCUT2D eigenvalue weighted by molar-refractivity contribution is 5.88. The molecule has 0 spiro atoms. The SMILES string of the molecule is CCCN(CC(F)(F)F)c1cc2nc[nH]c(=O)c2cc1N. The molecule has 2 rings (SSSR count). The Labute approximate surface area is 118 Å². The average Bonchev–Trinajstić information content (AvgIpc) is 2.37. The van der Waals surface area contributed by atoms with Crippen LogP contribution < -0.4 is 16.2 Å². The number of halogens is 3. The molecule has 0 amide bonds. The molecule has 0 aliphatic heterocycles. The highest BCUT2D eigenvalue weighted by Crippen LogP contribution is 2.29. The lowest BCUT2D eigenvalue weighted by molar-refractivity contribution is -0.119. The molecule has 0 atom stereocenters.